The van der Waals surface area contributed by atoms with Crippen molar-refractivity contribution in [1.82, 2.24) is 0 Å². The topological polar surface area (TPSA) is 9.23 Å². The fourth-order valence-electron chi connectivity index (χ4n) is 1.21. The Kier molecular flexibility index (Phi) is 4.29. The molecular weight excluding hydrogens is 235 g/mol. The highest BCUT2D eigenvalue weighted by atomic mass is 35.7. The Morgan fingerprint density at radius 1 is 1.29 bits per heavy atom. The van der Waals surface area contributed by atoms with Gasteiger partial charge in [0.25, 0.3) is 6.69 Å². The molecule has 1 unspecified atom stereocenters. The van der Waals surface area contributed by atoms with Gasteiger partial charge in [0.1, 0.15) is 11.5 Å². The summed E-state index contributed by atoms with van der Waals surface area (Å²) in [5, 5.41) is 0. The summed E-state index contributed by atoms with van der Waals surface area (Å²) in [5.41, 5.74) is -0.0479. The first kappa shape index (κ1) is 11.9. The zero-order valence-corrected chi connectivity index (χ0v) is 10.8. The van der Waals surface area contributed by atoms with Gasteiger partial charge in [-0.05, 0) is 25.1 Å². The molecule has 0 aromatic heterocycles. The summed E-state index contributed by atoms with van der Waals surface area (Å²) in [6.45, 7) is 1.67. The zero-order valence-electron chi connectivity index (χ0n) is 8.34. The highest BCUT2D eigenvalue weighted by Crippen LogP contribution is 2.25. The fourth-order valence-corrected chi connectivity index (χ4v) is 3.46. The number of para-hydroxylation sites is 1. The normalized spacial score (nSPS) is 13.7. The van der Waals surface area contributed by atoms with Gasteiger partial charge >= 0.3 is 0 Å². The summed E-state index contributed by atoms with van der Waals surface area (Å²) in [6, 6.07) is 9.64. The molecule has 0 saturated heterocycles. The molecule has 0 aliphatic carbocycles. The molecule has 1 aromatic carbocycles. The molecular formula is C10H14Cl2OSi. The smallest absolute Gasteiger partial charge is 0.288 e. The summed E-state index contributed by atoms with van der Waals surface area (Å²) in [4.78, 5) is 0. The number of halogens is 2. The van der Waals surface area contributed by atoms with Gasteiger partial charge in [-0.2, -0.15) is 0 Å². The molecule has 0 spiro atoms. The van der Waals surface area contributed by atoms with Crippen LogP contribution >= 0.6 is 22.2 Å². The second kappa shape index (κ2) is 5.05. The van der Waals surface area contributed by atoms with Crippen LogP contribution < -0.4 is 4.74 Å². The van der Waals surface area contributed by atoms with E-state index in [1.807, 2.05) is 43.8 Å². The molecule has 1 atom stereocenters. The Bertz CT molecular complexity index is 271. The van der Waals surface area contributed by atoms with Gasteiger partial charge < -0.3 is 4.74 Å². The van der Waals surface area contributed by atoms with Crippen LogP contribution in [0.1, 0.15) is 13.3 Å². The average molecular weight is 249 g/mol. The van der Waals surface area contributed by atoms with Crippen molar-refractivity contribution in [2.75, 3.05) is 0 Å². The molecule has 1 nitrogen and oxygen atoms in total. The van der Waals surface area contributed by atoms with Crippen LogP contribution in [0.15, 0.2) is 30.3 Å². The molecule has 1 aromatic rings. The van der Waals surface area contributed by atoms with Crippen LogP contribution in [0.3, 0.4) is 0 Å². The minimum Gasteiger partial charge on any atom is -0.491 e. The van der Waals surface area contributed by atoms with Crippen LogP contribution in [-0.2, 0) is 0 Å². The van der Waals surface area contributed by atoms with Crippen LogP contribution in [-0.4, -0.2) is 12.4 Å². The predicted molar refractivity (Wildman–Crippen MR) is 64.5 cm³/mol. The molecule has 0 saturated carbocycles. The van der Waals surface area contributed by atoms with Gasteiger partial charge in [0.15, 0.2) is 0 Å². The minimum absolute atomic E-state index is 0.0479. The Morgan fingerprint density at radius 3 is 2.29 bits per heavy atom. The minimum atomic E-state index is -2.25. The van der Waals surface area contributed by atoms with E-state index in [1.54, 1.807) is 0 Å². The summed E-state index contributed by atoms with van der Waals surface area (Å²) in [6.07, 6.45) is 0.838. The van der Waals surface area contributed by atoms with Gasteiger partial charge in [-0.3, -0.25) is 0 Å². The standard InChI is InChI=1S/C10H14Cl2OSi/c1-3-10(14(2,11)12)13-9-7-5-4-6-8-9/h4-8,10H,3H2,1-2H3. The Morgan fingerprint density at radius 2 is 1.86 bits per heavy atom. The number of benzene rings is 1. The van der Waals surface area contributed by atoms with Gasteiger partial charge in [-0.15, -0.1) is 22.2 Å². The molecule has 0 heterocycles. The zero-order chi connectivity index (χ0) is 10.6. The lowest BCUT2D eigenvalue weighted by Gasteiger charge is -2.24. The van der Waals surface area contributed by atoms with E-state index in [1.165, 1.54) is 0 Å². The van der Waals surface area contributed by atoms with Gasteiger partial charge in [-0.25, -0.2) is 0 Å². The maximum atomic E-state index is 6.13. The van der Waals surface area contributed by atoms with E-state index in [9.17, 15) is 0 Å². The van der Waals surface area contributed by atoms with Gasteiger partial charge in [-0.1, -0.05) is 25.1 Å². The second-order valence-corrected chi connectivity index (χ2v) is 11.1. The lowest BCUT2D eigenvalue weighted by atomic mass is 10.3. The number of ether oxygens (including phenoxy) is 1. The summed E-state index contributed by atoms with van der Waals surface area (Å²) >= 11 is 12.3. The third kappa shape index (κ3) is 3.52. The van der Waals surface area contributed by atoms with E-state index in [-0.39, 0.29) is 5.73 Å². The van der Waals surface area contributed by atoms with Crippen LogP contribution in [0.25, 0.3) is 0 Å². The highest BCUT2D eigenvalue weighted by molar-refractivity contribution is 7.45. The van der Waals surface area contributed by atoms with Crippen molar-refractivity contribution >= 4 is 28.9 Å². The molecule has 14 heavy (non-hydrogen) atoms. The molecule has 0 amide bonds. The quantitative estimate of drug-likeness (QED) is 0.580. The highest BCUT2D eigenvalue weighted by Gasteiger charge is 2.34. The second-order valence-electron chi connectivity index (χ2n) is 3.28. The predicted octanol–water partition coefficient (Wildman–Crippen LogP) is 3.93. The van der Waals surface area contributed by atoms with Crippen LogP contribution in [0, 0.1) is 0 Å². The Balaban J connectivity index is 2.67. The van der Waals surface area contributed by atoms with E-state index in [0.717, 1.165) is 12.2 Å². The van der Waals surface area contributed by atoms with E-state index >= 15 is 0 Å². The SMILES string of the molecule is CCC(Oc1ccccc1)[Si](C)(Cl)Cl. The maximum Gasteiger partial charge on any atom is 0.288 e. The summed E-state index contributed by atoms with van der Waals surface area (Å²) in [7, 11) is 0. The molecule has 4 heteroatoms. The third-order valence-electron chi connectivity index (χ3n) is 1.96. The van der Waals surface area contributed by atoms with Crippen molar-refractivity contribution in [3.8, 4) is 5.75 Å². The van der Waals surface area contributed by atoms with E-state index in [2.05, 4.69) is 0 Å². The van der Waals surface area contributed by atoms with Gasteiger partial charge in [0, 0.05) is 0 Å². The molecule has 0 aliphatic rings. The third-order valence-corrected chi connectivity index (χ3v) is 5.07. The molecule has 0 N–H and O–H groups in total. The lowest BCUT2D eigenvalue weighted by Crippen LogP contribution is -2.38. The number of rotatable bonds is 4. The van der Waals surface area contributed by atoms with Crippen molar-refractivity contribution in [3.05, 3.63) is 30.3 Å². The van der Waals surface area contributed by atoms with Crippen molar-refractivity contribution in [2.45, 2.75) is 25.6 Å². The van der Waals surface area contributed by atoms with Crippen molar-refractivity contribution in [3.63, 3.8) is 0 Å². The number of hydrogen-bond donors (Lipinski definition) is 0. The van der Waals surface area contributed by atoms with Crippen molar-refractivity contribution < 1.29 is 4.74 Å². The molecule has 0 fully saturated rings. The molecule has 1 rings (SSSR count). The molecule has 0 bridgehead atoms. The lowest BCUT2D eigenvalue weighted by molar-refractivity contribution is 0.270. The van der Waals surface area contributed by atoms with Gasteiger partial charge in [0.05, 0.1) is 0 Å². The van der Waals surface area contributed by atoms with Crippen molar-refractivity contribution in [2.24, 2.45) is 0 Å². The molecule has 78 valence electrons. The fraction of sp³-hybridized carbons (Fsp3) is 0.400. The van der Waals surface area contributed by atoms with Crippen LogP contribution in [0.4, 0.5) is 0 Å². The monoisotopic (exact) mass is 248 g/mol. The van der Waals surface area contributed by atoms with Crippen LogP contribution in [0.5, 0.6) is 5.75 Å². The van der Waals surface area contributed by atoms with E-state index < -0.39 is 6.69 Å². The average Bonchev–Trinajstić information content (AvgIpc) is 2.14. The first-order valence-corrected chi connectivity index (χ1v) is 9.23. The number of hydrogen-bond acceptors (Lipinski definition) is 1. The van der Waals surface area contributed by atoms with Crippen LogP contribution in [0.2, 0.25) is 6.55 Å². The molecule has 0 radical (unpaired) electrons. The first-order valence-electron chi connectivity index (χ1n) is 4.63. The Labute approximate surface area is 95.4 Å². The first-order chi connectivity index (χ1) is 6.54. The van der Waals surface area contributed by atoms with Gasteiger partial charge in [0.2, 0.25) is 0 Å². The largest absolute Gasteiger partial charge is 0.491 e. The summed E-state index contributed by atoms with van der Waals surface area (Å²) < 4.78 is 5.73. The van der Waals surface area contributed by atoms with E-state index in [4.69, 9.17) is 26.9 Å². The van der Waals surface area contributed by atoms with E-state index in [0.29, 0.717) is 0 Å². The van der Waals surface area contributed by atoms with Crippen molar-refractivity contribution in [1.29, 1.82) is 0 Å². The summed E-state index contributed by atoms with van der Waals surface area (Å²) in [5.74, 6) is 0.833. The maximum absolute atomic E-state index is 6.13. The Hall–Kier alpha value is -0.183. The molecule has 0 aliphatic heterocycles.